The van der Waals surface area contributed by atoms with Crippen molar-refractivity contribution in [2.45, 2.75) is 6.92 Å². The Bertz CT molecular complexity index is 778. The lowest BCUT2D eigenvalue weighted by atomic mass is 10.2. The second-order valence-corrected chi connectivity index (χ2v) is 6.30. The number of hydrogen-bond acceptors (Lipinski definition) is 6. The van der Waals surface area contributed by atoms with Gasteiger partial charge in [0.25, 0.3) is 5.91 Å². The molecule has 2 rings (SSSR count). The highest BCUT2D eigenvalue weighted by Crippen LogP contribution is 2.15. The number of nitrogens with one attached hydrogen (secondary N) is 3. The van der Waals surface area contributed by atoms with E-state index in [0.717, 1.165) is 11.4 Å². The molecule has 2 aromatic rings. The van der Waals surface area contributed by atoms with Crippen molar-refractivity contribution in [2.24, 2.45) is 0 Å². The van der Waals surface area contributed by atoms with E-state index in [-0.39, 0.29) is 18.4 Å². The zero-order valence-corrected chi connectivity index (χ0v) is 17.4. The van der Waals surface area contributed by atoms with Crippen molar-refractivity contribution in [3.05, 3.63) is 54.1 Å². The minimum atomic E-state index is -0.190. The minimum absolute atomic E-state index is 0.115. The van der Waals surface area contributed by atoms with E-state index in [9.17, 15) is 9.59 Å². The van der Waals surface area contributed by atoms with Crippen molar-refractivity contribution in [3.63, 3.8) is 0 Å². The maximum absolute atomic E-state index is 12.1. The molecule has 0 heterocycles. The van der Waals surface area contributed by atoms with Crippen molar-refractivity contribution in [3.8, 4) is 5.75 Å². The molecule has 0 saturated carbocycles. The molecular weight excluding hydrogens is 386 g/mol. The van der Waals surface area contributed by atoms with Crippen LogP contribution in [-0.2, 0) is 14.3 Å². The van der Waals surface area contributed by atoms with Crippen LogP contribution in [0, 0.1) is 0 Å². The average Bonchev–Trinajstić information content (AvgIpc) is 2.77. The van der Waals surface area contributed by atoms with Crippen LogP contribution >= 0.6 is 0 Å². The highest BCUT2D eigenvalue weighted by Gasteiger charge is 2.06. The van der Waals surface area contributed by atoms with Crippen molar-refractivity contribution >= 4 is 23.2 Å². The number of ether oxygens (including phenoxy) is 3. The van der Waals surface area contributed by atoms with Gasteiger partial charge in [0, 0.05) is 37.2 Å². The zero-order chi connectivity index (χ0) is 21.6. The maximum atomic E-state index is 12.1. The second-order valence-electron chi connectivity index (χ2n) is 6.30. The van der Waals surface area contributed by atoms with Crippen LogP contribution in [0.2, 0.25) is 0 Å². The molecule has 3 N–H and O–H groups in total. The van der Waals surface area contributed by atoms with Crippen LogP contribution in [0.4, 0.5) is 11.4 Å². The summed E-state index contributed by atoms with van der Waals surface area (Å²) in [7, 11) is 1.58. The monoisotopic (exact) mass is 415 g/mol. The number of hydrogen-bond donors (Lipinski definition) is 3. The SMILES string of the molecule is CCOCCOc1ccc(NCC(=O)Nc2ccc(C(=O)NCCOC)cc2)cc1. The van der Waals surface area contributed by atoms with E-state index in [4.69, 9.17) is 14.2 Å². The average molecular weight is 415 g/mol. The predicted octanol–water partition coefficient (Wildman–Crippen LogP) is 2.53. The molecular formula is C22H29N3O5. The summed E-state index contributed by atoms with van der Waals surface area (Å²) in [5, 5.41) is 8.59. The molecule has 0 aromatic heterocycles. The summed E-state index contributed by atoms with van der Waals surface area (Å²) in [4.78, 5) is 24.1. The fourth-order valence-corrected chi connectivity index (χ4v) is 2.49. The molecule has 162 valence electrons. The van der Waals surface area contributed by atoms with Crippen molar-refractivity contribution < 1.29 is 23.8 Å². The molecule has 2 aromatic carbocycles. The van der Waals surface area contributed by atoms with Gasteiger partial charge >= 0.3 is 0 Å². The first-order chi connectivity index (χ1) is 14.6. The topological polar surface area (TPSA) is 97.9 Å². The molecule has 0 radical (unpaired) electrons. The third kappa shape index (κ3) is 8.50. The number of methoxy groups -OCH3 is 1. The first-order valence-electron chi connectivity index (χ1n) is 9.84. The van der Waals surface area contributed by atoms with Gasteiger partial charge in [-0.15, -0.1) is 0 Å². The molecule has 0 fully saturated rings. The molecule has 8 heteroatoms. The summed E-state index contributed by atoms with van der Waals surface area (Å²) >= 11 is 0. The molecule has 2 amide bonds. The lowest BCUT2D eigenvalue weighted by molar-refractivity contribution is -0.114. The highest BCUT2D eigenvalue weighted by atomic mass is 16.5. The minimum Gasteiger partial charge on any atom is -0.491 e. The Labute approximate surface area is 176 Å². The van der Waals surface area contributed by atoms with Crippen molar-refractivity contribution in [1.29, 1.82) is 0 Å². The maximum Gasteiger partial charge on any atom is 0.251 e. The van der Waals surface area contributed by atoms with E-state index in [0.29, 0.717) is 44.2 Å². The van der Waals surface area contributed by atoms with Gasteiger partial charge in [-0.25, -0.2) is 0 Å². The number of amides is 2. The first-order valence-corrected chi connectivity index (χ1v) is 9.84. The molecule has 0 bridgehead atoms. The summed E-state index contributed by atoms with van der Waals surface area (Å²) < 4.78 is 15.7. The molecule has 30 heavy (non-hydrogen) atoms. The van der Waals surface area contributed by atoms with E-state index >= 15 is 0 Å². The molecule has 0 saturated heterocycles. The standard InChI is InChI=1S/C22H29N3O5/c1-3-29-14-15-30-20-10-8-18(9-11-20)24-16-21(26)25-19-6-4-17(5-7-19)22(27)23-12-13-28-2/h4-11,24H,3,12-16H2,1-2H3,(H,23,27)(H,25,26). The van der Waals surface area contributed by atoms with E-state index in [1.807, 2.05) is 31.2 Å². The Morgan fingerprint density at radius 1 is 0.900 bits per heavy atom. The number of carbonyl (C=O) groups is 2. The molecule has 0 unspecified atom stereocenters. The molecule has 0 aliphatic heterocycles. The van der Waals surface area contributed by atoms with Crippen molar-refractivity contribution in [1.82, 2.24) is 5.32 Å². The lowest BCUT2D eigenvalue weighted by Crippen LogP contribution is -2.27. The molecule has 0 atom stereocenters. The largest absolute Gasteiger partial charge is 0.491 e. The predicted molar refractivity (Wildman–Crippen MR) is 116 cm³/mol. The highest BCUT2D eigenvalue weighted by molar-refractivity contribution is 5.96. The third-order valence-electron chi connectivity index (χ3n) is 4.03. The zero-order valence-electron chi connectivity index (χ0n) is 17.4. The first kappa shape index (κ1) is 23.2. The number of carbonyl (C=O) groups excluding carboxylic acids is 2. The van der Waals surface area contributed by atoms with Gasteiger partial charge in [0.2, 0.25) is 5.91 Å². The Morgan fingerprint density at radius 3 is 2.27 bits per heavy atom. The van der Waals surface area contributed by atoms with Crippen LogP contribution in [0.5, 0.6) is 5.75 Å². The summed E-state index contributed by atoms with van der Waals surface area (Å²) in [5.74, 6) is 0.372. The van der Waals surface area contributed by atoms with E-state index in [1.54, 1.807) is 31.4 Å². The van der Waals surface area contributed by atoms with Crippen LogP contribution in [0.25, 0.3) is 0 Å². The van der Waals surface area contributed by atoms with Gasteiger partial charge in [-0.1, -0.05) is 0 Å². The van der Waals surface area contributed by atoms with Crippen LogP contribution < -0.4 is 20.7 Å². The lowest BCUT2D eigenvalue weighted by Gasteiger charge is -2.10. The molecule has 0 aliphatic carbocycles. The Kier molecular flexibility index (Phi) is 10.2. The van der Waals surface area contributed by atoms with Gasteiger partial charge in [0.1, 0.15) is 12.4 Å². The Morgan fingerprint density at radius 2 is 1.60 bits per heavy atom. The van der Waals surface area contributed by atoms with Crippen LogP contribution in [0.1, 0.15) is 17.3 Å². The second kappa shape index (κ2) is 13.2. The summed E-state index contributed by atoms with van der Waals surface area (Å²) in [6, 6.07) is 14.1. The van der Waals surface area contributed by atoms with E-state index in [1.165, 1.54) is 0 Å². The van der Waals surface area contributed by atoms with Gasteiger partial charge in [-0.3, -0.25) is 9.59 Å². The third-order valence-corrected chi connectivity index (χ3v) is 4.03. The normalized spacial score (nSPS) is 10.3. The quantitative estimate of drug-likeness (QED) is 0.435. The van der Waals surface area contributed by atoms with Gasteiger partial charge in [0.15, 0.2) is 0 Å². The van der Waals surface area contributed by atoms with Crippen LogP contribution in [0.15, 0.2) is 48.5 Å². The Balaban J connectivity index is 1.73. The van der Waals surface area contributed by atoms with Gasteiger partial charge < -0.3 is 30.2 Å². The molecule has 0 spiro atoms. The van der Waals surface area contributed by atoms with Crippen LogP contribution in [-0.4, -0.2) is 58.4 Å². The van der Waals surface area contributed by atoms with Gasteiger partial charge in [-0.05, 0) is 55.5 Å². The number of rotatable bonds is 13. The smallest absolute Gasteiger partial charge is 0.251 e. The fraction of sp³-hybridized carbons (Fsp3) is 0.364. The van der Waals surface area contributed by atoms with Gasteiger partial charge in [-0.2, -0.15) is 0 Å². The fourth-order valence-electron chi connectivity index (χ4n) is 2.49. The summed E-state index contributed by atoms with van der Waals surface area (Å²) in [6.45, 7) is 4.67. The van der Waals surface area contributed by atoms with E-state index in [2.05, 4.69) is 16.0 Å². The van der Waals surface area contributed by atoms with Crippen molar-refractivity contribution in [2.75, 3.05) is 57.3 Å². The Hall–Kier alpha value is -3.10. The summed E-state index contributed by atoms with van der Waals surface area (Å²) in [5.41, 5.74) is 1.95. The van der Waals surface area contributed by atoms with Crippen LogP contribution in [0.3, 0.4) is 0 Å². The summed E-state index contributed by atoms with van der Waals surface area (Å²) in [6.07, 6.45) is 0. The molecule has 8 nitrogen and oxygen atoms in total. The molecule has 0 aliphatic rings. The number of anilines is 2. The van der Waals surface area contributed by atoms with E-state index < -0.39 is 0 Å². The van der Waals surface area contributed by atoms with Gasteiger partial charge in [0.05, 0.1) is 19.8 Å². The number of benzene rings is 2.